The minimum atomic E-state index is -0.0204. The van der Waals surface area contributed by atoms with Gasteiger partial charge in [0.25, 0.3) is 0 Å². The molecule has 9 heavy (non-hydrogen) atoms. The lowest BCUT2D eigenvalue weighted by molar-refractivity contribution is 0.444. The normalized spacial score (nSPS) is 15.7. The van der Waals surface area contributed by atoms with Crippen LogP contribution in [0, 0.1) is 0 Å². The molecule has 0 radical (unpaired) electrons. The predicted molar refractivity (Wildman–Crippen MR) is 47.0 cm³/mol. The summed E-state index contributed by atoms with van der Waals surface area (Å²) in [4.78, 5) is 2.10. The number of halogens is 1. The molecule has 0 bridgehead atoms. The van der Waals surface area contributed by atoms with Crippen LogP contribution in [-0.2, 0) is 0 Å². The van der Waals surface area contributed by atoms with Gasteiger partial charge in [0.05, 0.1) is 14.6 Å². The first-order valence-electron chi connectivity index (χ1n) is 3.49. The molecule has 0 aromatic rings. The zero-order valence-electron chi connectivity index (χ0n) is 6.52. The van der Waals surface area contributed by atoms with E-state index in [1.165, 1.54) is 12.5 Å². The molecule has 56 valence electrons. The fraction of sp³-hybridized carbons (Fsp3) is 1.00. The monoisotopic (exact) mass is 165 g/mol. The molecule has 1 unspecified atom stereocenters. The fourth-order valence-electron chi connectivity index (χ4n) is 0.631. The van der Waals surface area contributed by atoms with E-state index in [1.54, 1.807) is 0 Å². The highest BCUT2D eigenvalue weighted by Crippen LogP contribution is 2.00. The van der Waals surface area contributed by atoms with Crippen LogP contribution in [0.4, 0.5) is 0 Å². The van der Waals surface area contributed by atoms with Gasteiger partial charge in [-0.3, -0.25) is 4.90 Å². The molecule has 3 heteroatoms. The number of hydrogen-bond acceptors (Lipinski definition) is 1. The van der Waals surface area contributed by atoms with Crippen LogP contribution >= 0.6 is 11.6 Å². The van der Waals surface area contributed by atoms with Crippen molar-refractivity contribution in [1.29, 1.82) is 0 Å². The van der Waals surface area contributed by atoms with Crippen molar-refractivity contribution in [3.05, 3.63) is 0 Å². The number of rotatable bonds is 4. The molecule has 0 heterocycles. The molecule has 0 aromatic heterocycles. The van der Waals surface area contributed by atoms with Crippen molar-refractivity contribution in [2.24, 2.45) is 0 Å². The predicted octanol–water partition coefficient (Wildman–Crippen LogP) is 1.07. The summed E-state index contributed by atoms with van der Waals surface area (Å²) in [5.41, 5.74) is 0. The smallest absolute Gasteiger partial charge is 0.0675 e. The Kier molecular flexibility index (Phi) is 5.54. The molecule has 0 saturated carbocycles. The maximum Gasteiger partial charge on any atom is 0.0675 e. The molecule has 1 nitrogen and oxygen atoms in total. The lowest BCUT2D eigenvalue weighted by Gasteiger charge is -2.15. The van der Waals surface area contributed by atoms with Crippen LogP contribution < -0.4 is 0 Å². The first kappa shape index (κ1) is 9.47. The molecule has 0 rings (SSSR count). The van der Waals surface area contributed by atoms with Crippen LogP contribution in [0.15, 0.2) is 0 Å². The largest absolute Gasteiger partial charge is 0.297 e. The molecular weight excluding hydrogens is 150 g/mol. The Morgan fingerprint density at radius 2 is 2.11 bits per heavy atom. The van der Waals surface area contributed by atoms with E-state index in [2.05, 4.69) is 11.8 Å². The molecule has 0 aliphatic rings. The van der Waals surface area contributed by atoms with Gasteiger partial charge < -0.3 is 0 Å². The van der Waals surface area contributed by atoms with Crippen molar-refractivity contribution in [1.82, 2.24) is 4.90 Å². The fourth-order valence-corrected chi connectivity index (χ4v) is 2.36. The van der Waals surface area contributed by atoms with E-state index in [0.29, 0.717) is 5.12 Å². The summed E-state index contributed by atoms with van der Waals surface area (Å²) in [5.74, 6) is 0. The van der Waals surface area contributed by atoms with E-state index in [0.717, 1.165) is 0 Å². The van der Waals surface area contributed by atoms with E-state index >= 15 is 0 Å². The highest BCUT2D eigenvalue weighted by Gasteiger charge is 2.04. The molecule has 0 spiro atoms. The SMILES string of the molecule is CCC[SiH2]C(Cl)N(C)C. The van der Waals surface area contributed by atoms with Gasteiger partial charge in [0.1, 0.15) is 0 Å². The Hall–Kier alpha value is 0.467. The summed E-state index contributed by atoms with van der Waals surface area (Å²) in [7, 11) is 4.06. The molecular formula is C6H16ClNSi. The van der Waals surface area contributed by atoms with Crippen molar-refractivity contribution < 1.29 is 0 Å². The van der Waals surface area contributed by atoms with Gasteiger partial charge in [-0.25, -0.2) is 0 Å². The van der Waals surface area contributed by atoms with Gasteiger partial charge in [-0.05, 0) is 14.1 Å². The third-order valence-electron chi connectivity index (χ3n) is 1.36. The molecule has 0 aliphatic heterocycles. The van der Waals surface area contributed by atoms with E-state index in [9.17, 15) is 0 Å². The van der Waals surface area contributed by atoms with Crippen molar-refractivity contribution in [2.45, 2.75) is 24.5 Å². The maximum atomic E-state index is 5.98. The Morgan fingerprint density at radius 3 is 2.44 bits per heavy atom. The minimum absolute atomic E-state index is 0.0204. The summed E-state index contributed by atoms with van der Waals surface area (Å²) in [5, 5.41) is 0.366. The van der Waals surface area contributed by atoms with Crippen LogP contribution in [0.1, 0.15) is 13.3 Å². The summed E-state index contributed by atoms with van der Waals surface area (Å²) < 4.78 is 0. The van der Waals surface area contributed by atoms with Gasteiger partial charge in [-0.15, -0.1) is 11.6 Å². The van der Waals surface area contributed by atoms with Crippen LogP contribution in [0.3, 0.4) is 0 Å². The quantitative estimate of drug-likeness (QED) is 0.342. The van der Waals surface area contributed by atoms with Crippen LogP contribution in [0.25, 0.3) is 0 Å². The Bertz CT molecular complexity index is 68.1. The Balaban J connectivity index is 3.16. The number of nitrogens with zero attached hydrogens (tertiary/aromatic N) is 1. The third kappa shape index (κ3) is 4.94. The van der Waals surface area contributed by atoms with E-state index in [-0.39, 0.29) is 9.52 Å². The van der Waals surface area contributed by atoms with Gasteiger partial charge >= 0.3 is 0 Å². The van der Waals surface area contributed by atoms with Gasteiger partial charge in [0, 0.05) is 0 Å². The Labute approximate surface area is 65.2 Å². The average molecular weight is 166 g/mol. The van der Waals surface area contributed by atoms with Gasteiger partial charge in [-0.1, -0.05) is 19.4 Å². The second-order valence-electron chi connectivity index (χ2n) is 2.54. The second kappa shape index (κ2) is 5.27. The van der Waals surface area contributed by atoms with Gasteiger partial charge in [0.15, 0.2) is 0 Å². The average Bonchev–Trinajstić information content (AvgIpc) is 1.82. The Morgan fingerprint density at radius 1 is 1.56 bits per heavy atom. The molecule has 0 fully saturated rings. The molecule has 1 atom stereocenters. The highest BCUT2D eigenvalue weighted by atomic mass is 35.5. The zero-order valence-corrected chi connectivity index (χ0v) is 8.69. The molecule has 0 aromatic carbocycles. The second-order valence-corrected chi connectivity index (χ2v) is 5.62. The molecule has 0 amide bonds. The van der Waals surface area contributed by atoms with E-state index in [1.807, 2.05) is 14.1 Å². The standard InChI is InChI=1S/C6H16ClNSi/c1-4-5-9-6(7)8(2)3/h6H,4-5,9H2,1-3H3. The van der Waals surface area contributed by atoms with Crippen molar-refractivity contribution in [2.75, 3.05) is 14.1 Å². The molecule has 0 aliphatic carbocycles. The summed E-state index contributed by atoms with van der Waals surface area (Å²) in [6, 6.07) is 1.37. The molecule has 0 N–H and O–H groups in total. The summed E-state index contributed by atoms with van der Waals surface area (Å²) in [6.45, 7) is 2.21. The summed E-state index contributed by atoms with van der Waals surface area (Å²) in [6.07, 6.45) is 1.29. The third-order valence-corrected chi connectivity index (χ3v) is 4.72. The van der Waals surface area contributed by atoms with E-state index in [4.69, 9.17) is 11.6 Å². The first-order chi connectivity index (χ1) is 4.18. The topological polar surface area (TPSA) is 3.24 Å². The van der Waals surface area contributed by atoms with Crippen molar-refractivity contribution >= 4 is 21.1 Å². The first-order valence-corrected chi connectivity index (χ1v) is 5.74. The maximum absolute atomic E-state index is 5.98. The highest BCUT2D eigenvalue weighted by molar-refractivity contribution is 6.52. The van der Waals surface area contributed by atoms with Gasteiger partial charge in [-0.2, -0.15) is 0 Å². The lowest BCUT2D eigenvalue weighted by Crippen LogP contribution is -2.27. The van der Waals surface area contributed by atoms with Crippen molar-refractivity contribution in [3.63, 3.8) is 0 Å². The zero-order chi connectivity index (χ0) is 7.28. The number of hydrogen-bond donors (Lipinski definition) is 0. The van der Waals surface area contributed by atoms with Crippen LogP contribution in [0.5, 0.6) is 0 Å². The van der Waals surface area contributed by atoms with Crippen LogP contribution in [0.2, 0.25) is 6.04 Å². The minimum Gasteiger partial charge on any atom is -0.297 e. The van der Waals surface area contributed by atoms with Crippen molar-refractivity contribution in [3.8, 4) is 0 Å². The lowest BCUT2D eigenvalue weighted by atomic mass is 10.6. The molecule has 0 saturated heterocycles. The van der Waals surface area contributed by atoms with E-state index < -0.39 is 0 Å². The van der Waals surface area contributed by atoms with Gasteiger partial charge in [0.2, 0.25) is 0 Å². The summed E-state index contributed by atoms with van der Waals surface area (Å²) >= 11 is 5.98. The van der Waals surface area contributed by atoms with Crippen LogP contribution in [-0.4, -0.2) is 33.6 Å². The number of alkyl halides is 1.